The lowest BCUT2D eigenvalue weighted by Crippen LogP contribution is -2.25. The SMILES string of the molecule is CCOC(=O)c1[nH]c(C)c(C(=O)Cn2cnc3ccccc3c2=O)c1C. The van der Waals surface area contributed by atoms with Gasteiger partial charge < -0.3 is 9.72 Å². The first-order chi connectivity index (χ1) is 12.4. The van der Waals surface area contributed by atoms with Crippen LogP contribution in [-0.2, 0) is 11.3 Å². The number of ketones is 1. The van der Waals surface area contributed by atoms with E-state index in [0.29, 0.717) is 27.7 Å². The molecular weight excluding hydrogens is 334 g/mol. The van der Waals surface area contributed by atoms with Crippen molar-refractivity contribution in [2.75, 3.05) is 6.61 Å². The quantitative estimate of drug-likeness (QED) is 0.561. The highest BCUT2D eigenvalue weighted by Gasteiger charge is 2.23. The van der Waals surface area contributed by atoms with Gasteiger partial charge in [0.25, 0.3) is 5.56 Å². The van der Waals surface area contributed by atoms with Gasteiger partial charge in [0.1, 0.15) is 5.69 Å². The third-order valence-electron chi connectivity index (χ3n) is 4.24. The van der Waals surface area contributed by atoms with E-state index in [0.717, 1.165) is 0 Å². The zero-order valence-electron chi connectivity index (χ0n) is 14.8. The fourth-order valence-electron chi connectivity index (χ4n) is 3.03. The van der Waals surface area contributed by atoms with Crippen LogP contribution >= 0.6 is 0 Å². The molecule has 7 nitrogen and oxygen atoms in total. The normalized spacial score (nSPS) is 10.9. The number of nitrogens with one attached hydrogen (secondary N) is 1. The Morgan fingerprint density at radius 3 is 2.69 bits per heavy atom. The van der Waals surface area contributed by atoms with Crippen LogP contribution in [0.5, 0.6) is 0 Å². The molecule has 134 valence electrons. The highest BCUT2D eigenvalue weighted by molar-refractivity contribution is 6.02. The number of carbonyl (C=O) groups excluding carboxylic acids is 2. The van der Waals surface area contributed by atoms with Crippen LogP contribution < -0.4 is 5.56 Å². The predicted molar refractivity (Wildman–Crippen MR) is 96.6 cm³/mol. The summed E-state index contributed by atoms with van der Waals surface area (Å²) in [5.41, 5.74) is 2.05. The molecule has 0 unspecified atom stereocenters. The number of esters is 1. The van der Waals surface area contributed by atoms with Crippen LogP contribution in [0.1, 0.15) is 39.0 Å². The van der Waals surface area contributed by atoms with Crippen LogP contribution in [0.3, 0.4) is 0 Å². The minimum absolute atomic E-state index is 0.154. The van der Waals surface area contributed by atoms with Crippen molar-refractivity contribution >= 4 is 22.7 Å². The number of benzene rings is 1. The third kappa shape index (κ3) is 3.03. The van der Waals surface area contributed by atoms with Crippen LogP contribution in [0, 0.1) is 13.8 Å². The summed E-state index contributed by atoms with van der Waals surface area (Å²) in [4.78, 5) is 44.4. The molecule has 1 N–H and O–H groups in total. The number of fused-ring (bicyclic) bond motifs is 1. The number of Topliss-reactive ketones (excluding diaryl/α,β-unsaturated/α-hetero) is 1. The van der Waals surface area contributed by atoms with Crippen LogP contribution in [0.2, 0.25) is 0 Å². The standard InChI is InChI=1S/C19H19N3O4/c1-4-26-19(25)17-11(2)16(12(3)21-17)15(23)9-22-10-20-14-8-6-5-7-13(14)18(22)24/h5-8,10,21H,4,9H2,1-3H3. The van der Waals surface area contributed by atoms with Gasteiger partial charge in [0.2, 0.25) is 0 Å². The fraction of sp³-hybridized carbons (Fsp3) is 0.263. The Morgan fingerprint density at radius 2 is 1.96 bits per heavy atom. The molecule has 0 saturated carbocycles. The first-order valence-electron chi connectivity index (χ1n) is 8.27. The van der Waals surface area contributed by atoms with Crippen LogP contribution in [0.4, 0.5) is 0 Å². The second-order valence-corrected chi connectivity index (χ2v) is 5.96. The summed E-state index contributed by atoms with van der Waals surface area (Å²) in [5, 5.41) is 0.456. The Bertz CT molecular complexity index is 1060. The Kier molecular flexibility index (Phi) is 4.71. The van der Waals surface area contributed by atoms with Crippen molar-refractivity contribution in [2.24, 2.45) is 0 Å². The number of hydrogen-bond donors (Lipinski definition) is 1. The smallest absolute Gasteiger partial charge is 0.355 e. The molecule has 0 aliphatic carbocycles. The van der Waals surface area contributed by atoms with Crippen molar-refractivity contribution in [3.8, 4) is 0 Å². The Labute approximate surface area is 149 Å². The first kappa shape index (κ1) is 17.6. The largest absolute Gasteiger partial charge is 0.461 e. The molecule has 0 fully saturated rings. The van der Waals surface area contributed by atoms with Gasteiger partial charge in [-0.15, -0.1) is 0 Å². The van der Waals surface area contributed by atoms with Crippen molar-refractivity contribution in [1.29, 1.82) is 0 Å². The molecule has 0 amide bonds. The summed E-state index contributed by atoms with van der Waals surface area (Å²) in [7, 11) is 0. The minimum atomic E-state index is -0.503. The maximum Gasteiger partial charge on any atom is 0.355 e. The number of rotatable bonds is 5. The summed E-state index contributed by atoms with van der Waals surface area (Å²) in [6.07, 6.45) is 1.37. The fourth-order valence-corrected chi connectivity index (χ4v) is 3.03. The van der Waals surface area contributed by atoms with E-state index >= 15 is 0 Å². The van der Waals surface area contributed by atoms with Crippen molar-refractivity contribution in [3.05, 3.63) is 63.5 Å². The second-order valence-electron chi connectivity index (χ2n) is 5.96. The maximum absolute atomic E-state index is 12.8. The van der Waals surface area contributed by atoms with E-state index in [1.807, 2.05) is 0 Å². The molecule has 0 spiro atoms. The average Bonchev–Trinajstić information content (AvgIpc) is 2.92. The molecular formula is C19H19N3O4. The van der Waals surface area contributed by atoms with Gasteiger partial charge in [-0.1, -0.05) is 12.1 Å². The Hall–Kier alpha value is -3.22. The molecule has 2 heterocycles. The van der Waals surface area contributed by atoms with Crippen LogP contribution in [0.25, 0.3) is 10.9 Å². The number of hydrogen-bond acceptors (Lipinski definition) is 5. The molecule has 1 aromatic carbocycles. The molecule has 0 atom stereocenters. The highest BCUT2D eigenvalue weighted by Crippen LogP contribution is 2.20. The van der Waals surface area contributed by atoms with Crippen LogP contribution in [0.15, 0.2) is 35.4 Å². The van der Waals surface area contributed by atoms with Gasteiger partial charge in [0.15, 0.2) is 5.78 Å². The maximum atomic E-state index is 12.8. The number of aromatic nitrogens is 3. The van der Waals surface area contributed by atoms with Gasteiger partial charge in [-0.3, -0.25) is 14.2 Å². The number of ether oxygens (including phenoxy) is 1. The molecule has 3 rings (SSSR count). The van der Waals surface area contributed by atoms with Gasteiger partial charge in [-0.05, 0) is 38.5 Å². The molecule has 0 aliphatic heterocycles. The Morgan fingerprint density at radius 1 is 1.23 bits per heavy atom. The van der Waals surface area contributed by atoms with E-state index in [1.165, 1.54) is 10.9 Å². The third-order valence-corrected chi connectivity index (χ3v) is 4.24. The Balaban J connectivity index is 1.95. The lowest BCUT2D eigenvalue weighted by molar-refractivity contribution is 0.0519. The van der Waals surface area contributed by atoms with Gasteiger partial charge >= 0.3 is 5.97 Å². The zero-order chi connectivity index (χ0) is 18.8. The first-order valence-corrected chi connectivity index (χ1v) is 8.27. The molecule has 0 radical (unpaired) electrons. The number of aromatic amines is 1. The number of carbonyl (C=O) groups is 2. The zero-order valence-corrected chi connectivity index (χ0v) is 14.8. The van der Waals surface area contributed by atoms with E-state index in [1.54, 1.807) is 45.0 Å². The van der Waals surface area contributed by atoms with Gasteiger partial charge in [-0.2, -0.15) is 0 Å². The highest BCUT2D eigenvalue weighted by atomic mass is 16.5. The van der Waals surface area contributed by atoms with Gasteiger partial charge in [0.05, 0.1) is 30.4 Å². The molecule has 2 aromatic heterocycles. The van der Waals surface area contributed by atoms with Gasteiger partial charge in [-0.25, -0.2) is 9.78 Å². The summed E-state index contributed by atoms with van der Waals surface area (Å²) >= 11 is 0. The summed E-state index contributed by atoms with van der Waals surface area (Å²) in [6.45, 7) is 5.21. The van der Waals surface area contributed by atoms with Crippen molar-refractivity contribution in [2.45, 2.75) is 27.3 Å². The molecule has 3 aromatic rings. The van der Waals surface area contributed by atoms with Crippen molar-refractivity contribution in [3.63, 3.8) is 0 Å². The van der Waals surface area contributed by atoms with Gasteiger partial charge in [0, 0.05) is 11.3 Å². The predicted octanol–water partition coefficient (Wildman–Crippen LogP) is 2.40. The summed E-state index contributed by atoms with van der Waals surface area (Å²) < 4.78 is 6.27. The van der Waals surface area contributed by atoms with Crippen molar-refractivity contribution < 1.29 is 14.3 Å². The average molecular weight is 353 g/mol. The monoisotopic (exact) mass is 353 g/mol. The van der Waals surface area contributed by atoms with E-state index in [-0.39, 0.29) is 30.2 Å². The lowest BCUT2D eigenvalue weighted by atomic mass is 10.1. The molecule has 0 saturated heterocycles. The second kappa shape index (κ2) is 6.95. The van der Waals surface area contributed by atoms with E-state index < -0.39 is 5.97 Å². The molecule has 0 aliphatic rings. The summed E-state index contributed by atoms with van der Waals surface area (Å²) in [5.74, 6) is -0.775. The minimum Gasteiger partial charge on any atom is -0.461 e. The summed E-state index contributed by atoms with van der Waals surface area (Å²) in [6, 6.07) is 6.98. The molecule has 0 bridgehead atoms. The lowest BCUT2D eigenvalue weighted by Gasteiger charge is -2.07. The van der Waals surface area contributed by atoms with E-state index in [2.05, 4.69) is 9.97 Å². The number of aryl methyl sites for hydroxylation is 1. The molecule has 7 heteroatoms. The molecule has 26 heavy (non-hydrogen) atoms. The number of H-pyrrole nitrogens is 1. The number of nitrogens with zero attached hydrogens (tertiary/aromatic N) is 2. The van der Waals surface area contributed by atoms with E-state index in [9.17, 15) is 14.4 Å². The van der Waals surface area contributed by atoms with Crippen molar-refractivity contribution in [1.82, 2.24) is 14.5 Å². The van der Waals surface area contributed by atoms with Crippen LogP contribution in [-0.4, -0.2) is 32.9 Å². The van der Waals surface area contributed by atoms with E-state index in [4.69, 9.17) is 4.74 Å². The topological polar surface area (TPSA) is 94.1 Å². The number of para-hydroxylation sites is 1.